The van der Waals surface area contributed by atoms with Crippen LogP contribution in [0.2, 0.25) is 5.02 Å². The Labute approximate surface area is 120 Å². The Hall–Kier alpha value is -0.610. The fourth-order valence-electron chi connectivity index (χ4n) is 2.55. The molecule has 1 aliphatic rings. The number of methoxy groups -OCH3 is 1. The molecule has 4 heteroatoms. The summed E-state index contributed by atoms with van der Waals surface area (Å²) in [6, 6.07) is 8.13. The van der Waals surface area contributed by atoms with Crippen molar-refractivity contribution >= 4 is 11.6 Å². The molecule has 0 bridgehead atoms. The minimum absolute atomic E-state index is 0.210. The second kappa shape index (κ2) is 7.25. The average molecular weight is 284 g/mol. The zero-order valence-electron chi connectivity index (χ0n) is 11.5. The topological polar surface area (TPSA) is 30.5 Å². The molecule has 1 aliphatic heterocycles. The molecule has 1 aromatic rings. The molecule has 0 aliphatic carbocycles. The van der Waals surface area contributed by atoms with Crippen LogP contribution in [0.3, 0.4) is 0 Å². The van der Waals surface area contributed by atoms with Gasteiger partial charge in [0, 0.05) is 37.2 Å². The van der Waals surface area contributed by atoms with Gasteiger partial charge in [-0.3, -0.25) is 0 Å². The molecule has 0 radical (unpaired) electrons. The summed E-state index contributed by atoms with van der Waals surface area (Å²) in [6.45, 7) is 4.30. The van der Waals surface area contributed by atoms with E-state index >= 15 is 0 Å². The van der Waals surface area contributed by atoms with Gasteiger partial charge in [-0.05, 0) is 30.5 Å². The van der Waals surface area contributed by atoms with E-state index in [-0.39, 0.29) is 5.41 Å². The highest BCUT2D eigenvalue weighted by Crippen LogP contribution is 2.32. The molecule has 1 aromatic carbocycles. The lowest BCUT2D eigenvalue weighted by molar-refractivity contribution is 0.145. The molecule has 1 N–H and O–H groups in total. The van der Waals surface area contributed by atoms with Crippen LogP contribution in [0.15, 0.2) is 24.3 Å². The van der Waals surface area contributed by atoms with Crippen LogP contribution in [-0.4, -0.2) is 40.0 Å². The van der Waals surface area contributed by atoms with Gasteiger partial charge in [-0.15, -0.1) is 0 Å². The Morgan fingerprint density at radius 3 is 2.79 bits per heavy atom. The van der Waals surface area contributed by atoms with E-state index in [1.165, 1.54) is 5.56 Å². The number of ether oxygens (including phenoxy) is 2. The van der Waals surface area contributed by atoms with Crippen molar-refractivity contribution in [2.45, 2.75) is 12.8 Å². The van der Waals surface area contributed by atoms with Crippen LogP contribution in [0.1, 0.15) is 12.0 Å². The Kier molecular flexibility index (Phi) is 5.64. The minimum Gasteiger partial charge on any atom is -0.383 e. The third kappa shape index (κ3) is 4.46. The van der Waals surface area contributed by atoms with Gasteiger partial charge in [0.15, 0.2) is 0 Å². The number of nitrogens with one attached hydrogen (secondary N) is 1. The van der Waals surface area contributed by atoms with Crippen LogP contribution in [0.25, 0.3) is 0 Å². The molecule has 0 aromatic heterocycles. The molecular formula is C15H22ClNO2. The Morgan fingerprint density at radius 1 is 1.37 bits per heavy atom. The van der Waals surface area contributed by atoms with Crippen molar-refractivity contribution in [3.8, 4) is 0 Å². The van der Waals surface area contributed by atoms with E-state index in [0.29, 0.717) is 0 Å². The molecular weight excluding hydrogens is 262 g/mol. The number of rotatable bonds is 7. The molecule has 1 atom stereocenters. The van der Waals surface area contributed by atoms with Crippen molar-refractivity contribution in [1.82, 2.24) is 5.32 Å². The van der Waals surface area contributed by atoms with Crippen LogP contribution >= 0.6 is 11.6 Å². The molecule has 1 saturated heterocycles. The van der Waals surface area contributed by atoms with Crippen molar-refractivity contribution < 1.29 is 9.47 Å². The molecule has 1 unspecified atom stereocenters. The summed E-state index contributed by atoms with van der Waals surface area (Å²) in [6.07, 6.45) is 2.14. The first-order valence-corrected chi connectivity index (χ1v) is 7.14. The summed E-state index contributed by atoms with van der Waals surface area (Å²) >= 11 is 5.93. The van der Waals surface area contributed by atoms with E-state index in [4.69, 9.17) is 21.1 Å². The minimum atomic E-state index is 0.210. The maximum atomic E-state index is 5.93. The smallest absolute Gasteiger partial charge is 0.0587 e. The van der Waals surface area contributed by atoms with E-state index < -0.39 is 0 Å². The van der Waals surface area contributed by atoms with Gasteiger partial charge in [-0.25, -0.2) is 0 Å². The van der Waals surface area contributed by atoms with Crippen LogP contribution in [0.5, 0.6) is 0 Å². The summed E-state index contributed by atoms with van der Waals surface area (Å²) in [5.41, 5.74) is 1.53. The molecule has 0 saturated carbocycles. The largest absolute Gasteiger partial charge is 0.383 e. The highest BCUT2D eigenvalue weighted by Gasteiger charge is 2.34. The Bertz CT molecular complexity index is 374. The lowest BCUT2D eigenvalue weighted by atomic mass is 9.81. The van der Waals surface area contributed by atoms with Gasteiger partial charge in [-0.2, -0.15) is 0 Å². The lowest BCUT2D eigenvalue weighted by Gasteiger charge is -2.28. The highest BCUT2D eigenvalue weighted by atomic mass is 35.5. The van der Waals surface area contributed by atoms with E-state index in [2.05, 4.69) is 17.4 Å². The molecule has 0 amide bonds. The van der Waals surface area contributed by atoms with E-state index in [0.717, 1.165) is 50.8 Å². The predicted molar refractivity (Wildman–Crippen MR) is 77.8 cm³/mol. The van der Waals surface area contributed by atoms with E-state index in [1.54, 1.807) is 7.11 Å². The monoisotopic (exact) mass is 283 g/mol. The maximum Gasteiger partial charge on any atom is 0.0587 e. The van der Waals surface area contributed by atoms with Gasteiger partial charge in [0.2, 0.25) is 0 Å². The summed E-state index contributed by atoms with van der Waals surface area (Å²) in [5, 5.41) is 4.26. The zero-order valence-corrected chi connectivity index (χ0v) is 12.2. The van der Waals surface area contributed by atoms with Gasteiger partial charge in [-0.1, -0.05) is 23.7 Å². The van der Waals surface area contributed by atoms with Gasteiger partial charge >= 0.3 is 0 Å². The second-order valence-corrected chi connectivity index (χ2v) is 5.71. The van der Waals surface area contributed by atoms with Gasteiger partial charge in [0.1, 0.15) is 0 Å². The Morgan fingerprint density at radius 2 is 2.16 bits per heavy atom. The molecule has 0 spiro atoms. The van der Waals surface area contributed by atoms with Gasteiger partial charge in [0.05, 0.1) is 13.2 Å². The molecule has 1 fully saturated rings. The fraction of sp³-hybridized carbons (Fsp3) is 0.600. The molecule has 2 rings (SSSR count). The molecule has 106 valence electrons. The average Bonchev–Trinajstić information content (AvgIpc) is 2.87. The predicted octanol–water partition coefficient (Wildman–Crippen LogP) is 2.53. The zero-order chi connectivity index (χ0) is 13.6. The van der Waals surface area contributed by atoms with Crippen LogP contribution in [0.4, 0.5) is 0 Å². The van der Waals surface area contributed by atoms with Crippen molar-refractivity contribution in [2.75, 3.05) is 40.0 Å². The fourth-order valence-corrected chi connectivity index (χ4v) is 2.68. The standard InChI is InChI=1S/C15H22ClNO2/c1-18-9-7-17-11-15(6-8-19-12-15)10-13-2-4-14(16)5-3-13/h2-5,17H,6-12H2,1H3. The molecule has 3 nitrogen and oxygen atoms in total. The quantitative estimate of drug-likeness (QED) is 0.780. The number of halogens is 1. The summed E-state index contributed by atoms with van der Waals surface area (Å²) in [4.78, 5) is 0. The first kappa shape index (κ1) is 14.8. The summed E-state index contributed by atoms with van der Waals surface area (Å²) < 4.78 is 10.7. The maximum absolute atomic E-state index is 5.93. The van der Waals surface area contributed by atoms with Crippen LogP contribution in [0, 0.1) is 5.41 Å². The SMILES string of the molecule is COCCNCC1(Cc2ccc(Cl)cc2)CCOC1. The van der Waals surface area contributed by atoms with Gasteiger partial charge < -0.3 is 14.8 Å². The van der Waals surface area contributed by atoms with E-state index in [1.807, 2.05) is 12.1 Å². The highest BCUT2D eigenvalue weighted by molar-refractivity contribution is 6.30. The third-order valence-corrected chi connectivity index (χ3v) is 3.91. The first-order chi connectivity index (χ1) is 9.24. The number of hydrogen-bond donors (Lipinski definition) is 1. The summed E-state index contributed by atoms with van der Waals surface area (Å²) in [7, 11) is 1.73. The van der Waals surface area contributed by atoms with Crippen LogP contribution in [-0.2, 0) is 15.9 Å². The summed E-state index contributed by atoms with van der Waals surface area (Å²) in [5.74, 6) is 0. The Balaban J connectivity index is 1.93. The normalized spacial score (nSPS) is 22.8. The van der Waals surface area contributed by atoms with Gasteiger partial charge in [0.25, 0.3) is 0 Å². The first-order valence-electron chi connectivity index (χ1n) is 6.76. The van der Waals surface area contributed by atoms with Crippen LogP contribution < -0.4 is 5.32 Å². The third-order valence-electron chi connectivity index (χ3n) is 3.66. The molecule has 1 heterocycles. The van der Waals surface area contributed by atoms with Crippen molar-refractivity contribution in [3.05, 3.63) is 34.9 Å². The number of hydrogen-bond acceptors (Lipinski definition) is 3. The number of benzene rings is 1. The lowest BCUT2D eigenvalue weighted by Crippen LogP contribution is -2.38. The molecule has 19 heavy (non-hydrogen) atoms. The second-order valence-electron chi connectivity index (χ2n) is 5.28. The van der Waals surface area contributed by atoms with Crippen molar-refractivity contribution in [1.29, 1.82) is 0 Å². The van der Waals surface area contributed by atoms with Crippen molar-refractivity contribution in [2.24, 2.45) is 5.41 Å². The van der Waals surface area contributed by atoms with Crippen molar-refractivity contribution in [3.63, 3.8) is 0 Å². The van der Waals surface area contributed by atoms with E-state index in [9.17, 15) is 0 Å².